The second-order valence-corrected chi connectivity index (χ2v) is 7.65. The van der Waals surface area contributed by atoms with E-state index in [1.807, 2.05) is 0 Å². The molecule has 0 radical (unpaired) electrons. The van der Waals surface area contributed by atoms with Gasteiger partial charge in [-0.1, -0.05) is 0 Å². The monoisotopic (exact) mass is 352 g/mol. The van der Waals surface area contributed by atoms with E-state index in [0.717, 1.165) is 44.3 Å². The van der Waals surface area contributed by atoms with Gasteiger partial charge >= 0.3 is 6.09 Å². The minimum atomic E-state index is -0.274. The van der Waals surface area contributed by atoms with Gasteiger partial charge in [0.15, 0.2) is 5.13 Å². The molecule has 1 aliphatic heterocycles. The maximum absolute atomic E-state index is 12.2. The number of fused-ring (bicyclic) bond motifs is 1. The fraction of sp³-hybridized carbons (Fsp3) is 0.688. The summed E-state index contributed by atoms with van der Waals surface area (Å²) in [7, 11) is 1.40. The van der Waals surface area contributed by atoms with E-state index in [4.69, 9.17) is 10.5 Å². The second-order valence-electron chi connectivity index (χ2n) is 6.54. The number of ether oxygens (including phenoxy) is 1. The van der Waals surface area contributed by atoms with Crippen LogP contribution in [0.4, 0.5) is 9.93 Å². The van der Waals surface area contributed by atoms with Gasteiger partial charge in [-0.25, -0.2) is 9.78 Å². The fourth-order valence-corrected chi connectivity index (χ4v) is 4.47. The lowest BCUT2D eigenvalue weighted by Gasteiger charge is -2.22. The van der Waals surface area contributed by atoms with E-state index in [0.29, 0.717) is 24.0 Å². The number of nitrogens with two attached hydrogens (primary N) is 1. The Morgan fingerprint density at radius 3 is 3.08 bits per heavy atom. The highest BCUT2D eigenvalue weighted by atomic mass is 32.1. The molecule has 3 N–H and O–H groups in total. The summed E-state index contributed by atoms with van der Waals surface area (Å²) in [6.07, 6.45) is 4.61. The standard InChI is InChI=1S/C16H24N4O3S/c1-23-16(22)20-7-6-10(9-20)2-5-14(21)18-11-3-4-12-13(8-11)24-15(17)19-12/h10-11H,2-9H2,1H3,(H2,17,19)(H,18,21)/t10-,11-/m0/s1. The van der Waals surface area contributed by atoms with Crippen molar-refractivity contribution >= 4 is 28.5 Å². The Bertz CT molecular complexity index is 618. The summed E-state index contributed by atoms with van der Waals surface area (Å²) in [6.45, 7) is 1.41. The third-order valence-corrected chi connectivity index (χ3v) is 5.77. The van der Waals surface area contributed by atoms with Gasteiger partial charge in [-0.2, -0.15) is 0 Å². The highest BCUT2D eigenvalue weighted by Crippen LogP contribution is 2.28. The SMILES string of the molecule is COC(=O)N1CC[C@H](CCC(=O)N[C@H]2CCc3nc(N)sc3C2)C1. The number of anilines is 1. The van der Waals surface area contributed by atoms with Crippen LogP contribution in [0.2, 0.25) is 0 Å². The van der Waals surface area contributed by atoms with Gasteiger partial charge in [-0.05, 0) is 31.6 Å². The molecular weight excluding hydrogens is 328 g/mol. The molecule has 0 spiro atoms. The van der Waals surface area contributed by atoms with Gasteiger partial charge < -0.3 is 20.7 Å². The normalized spacial score (nSPS) is 23.0. The highest BCUT2D eigenvalue weighted by molar-refractivity contribution is 7.15. The molecule has 1 aliphatic carbocycles. The first-order valence-corrected chi connectivity index (χ1v) is 9.23. The summed E-state index contributed by atoms with van der Waals surface area (Å²) in [4.78, 5) is 30.9. The highest BCUT2D eigenvalue weighted by Gasteiger charge is 2.28. The minimum absolute atomic E-state index is 0.0949. The molecule has 2 atom stereocenters. The number of rotatable bonds is 4. The third-order valence-electron chi connectivity index (χ3n) is 4.82. The number of aryl methyl sites for hydroxylation is 1. The number of carbonyl (C=O) groups is 2. The van der Waals surface area contributed by atoms with Gasteiger partial charge in [0.25, 0.3) is 0 Å². The van der Waals surface area contributed by atoms with Crippen LogP contribution in [-0.2, 0) is 22.4 Å². The first-order valence-electron chi connectivity index (χ1n) is 8.41. The zero-order chi connectivity index (χ0) is 17.1. The number of hydrogen-bond donors (Lipinski definition) is 2. The lowest BCUT2D eigenvalue weighted by atomic mass is 9.97. The Kier molecular flexibility index (Phi) is 5.23. The molecule has 2 aliphatic rings. The van der Waals surface area contributed by atoms with Crippen molar-refractivity contribution in [1.29, 1.82) is 0 Å². The van der Waals surface area contributed by atoms with Crippen molar-refractivity contribution in [1.82, 2.24) is 15.2 Å². The largest absolute Gasteiger partial charge is 0.453 e. The van der Waals surface area contributed by atoms with Crippen LogP contribution in [0.5, 0.6) is 0 Å². The third kappa shape index (κ3) is 3.98. The van der Waals surface area contributed by atoms with E-state index in [1.165, 1.54) is 23.3 Å². The van der Waals surface area contributed by atoms with Gasteiger partial charge in [0.1, 0.15) is 0 Å². The zero-order valence-corrected chi connectivity index (χ0v) is 14.7. The number of likely N-dealkylation sites (tertiary alicyclic amines) is 1. The van der Waals surface area contributed by atoms with Crippen molar-refractivity contribution in [2.24, 2.45) is 5.92 Å². The number of thiazole rings is 1. The Morgan fingerprint density at radius 1 is 1.46 bits per heavy atom. The van der Waals surface area contributed by atoms with Crippen molar-refractivity contribution in [2.45, 2.75) is 44.6 Å². The van der Waals surface area contributed by atoms with Crippen LogP contribution in [0, 0.1) is 5.92 Å². The molecule has 2 heterocycles. The summed E-state index contributed by atoms with van der Waals surface area (Å²) in [5, 5.41) is 3.75. The fourth-order valence-electron chi connectivity index (χ4n) is 3.52. The zero-order valence-electron chi connectivity index (χ0n) is 13.9. The smallest absolute Gasteiger partial charge is 0.409 e. The molecule has 8 heteroatoms. The number of nitrogens with one attached hydrogen (secondary N) is 1. The molecule has 1 saturated heterocycles. The number of nitrogens with zero attached hydrogens (tertiary/aromatic N) is 2. The minimum Gasteiger partial charge on any atom is -0.453 e. The predicted octanol–water partition coefficient (Wildman–Crippen LogP) is 1.57. The summed E-state index contributed by atoms with van der Waals surface area (Å²) < 4.78 is 4.73. The summed E-state index contributed by atoms with van der Waals surface area (Å²) in [5.41, 5.74) is 6.84. The Labute approximate surface area is 145 Å². The van der Waals surface area contributed by atoms with E-state index in [1.54, 1.807) is 4.90 Å². The number of aromatic nitrogens is 1. The Hall–Kier alpha value is -1.83. The molecule has 2 amide bonds. The molecular formula is C16H24N4O3S. The number of carbonyl (C=O) groups excluding carboxylic acids is 2. The lowest BCUT2D eigenvalue weighted by Crippen LogP contribution is -2.38. The molecule has 1 aromatic heterocycles. The van der Waals surface area contributed by atoms with Crippen molar-refractivity contribution in [3.8, 4) is 0 Å². The lowest BCUT2D eigenvalue weighted by molar-refractivity contribution is -0.122. The maximum atomic E-state index is 12.2. The van der Waals surface area contributed by atoms with Gasteiger partial charge in [-0.15, -0.1) is 11.3 Å². The van der Waals surface area contributed by atoms with Crippen LogP contribution in [0.25, 0.3) is 0 Å². The van der Waals surface area contributed by atoms with E-state index < -0.39 is 0 Å². The molecule has 0 bridgehead atoms. The number of methoxy groups -OCH3 is 1. The molecule has 0 aromatic carbocycles. The van der Waals surface area contributed by atoms with Crippen molar-refractivity contribution in [2.75, 3.05) is 25.9 Å². The van der Waals surface area contributed by atoms with Crippen LogP contribution >= 0.6 is 11.3 Å². The first kappa shape index (κ1) is 17.0. The average molecular weight is 352 g/mol. The molecule has 0 unspecified atom stereocenters. The topological polar surface area (TPSA) is 97.5 Å². The number of nitrogen functional groups attached to an aromatic ring is 1. The molecule has 1 fully saturated rings. The summed E-state index contributed by atoms with van der Waals surface area (Å²) in [5.74, 6) is 0.478. The van der Waals surface area contributed by atoms with Crippen LogP contribution in [0.15, 0.2) is 0 Å². The van der Waals surface area contributed by atoms with E-state index >= 15 is 0 Å². The second kappa shape index (κ2) is 7.38. The predicted molar refractivity (Wildman–Crippen MR) is 91.8 cm³/mol. The van der Waals surface area contributed by atoms with E-state index in [9.17, 15) is 9.59 Å². The van der Waals surface area contributed by atoms with Gasteiger partial charge in [0.05, 0.1) is 12.8 Å². The molecule has 132 valence electrons. The van der Waals surface area contributed by atoms with Crippen molar-refractivity contribution in [3.63, 3.8) is 0 Å². The summed E-state index contributed by atoms with van der Waals surface area (Å²) >= 11 is 1.53. The number of amides is 2. The average Bonchev–Trinajstić information content (AvgIpc) is 3.17. The molecule has 0 saturated carbocycles. The molecule has 7 nitrogen and oxygen atoms in total. The molecule has 3 rings (SSSR count). The first-order chi connectivity index (χ1) is 11.5. The van der Waals surface area contributed by atoms with Gasteiger partial charge in [0, 0.05) is 36.9 Å². The molecule has 24 heavy (non-hydrogen) atoms. The van der Waals surface area contributed by atoms with Crippen molar-refractivity contribution in [3.05, 3.63) is 10.6 Å². The van der Waals surface area contributed by atoms with E-state index in [2.05, 4.69) is 10.3 Å². The maximum Gasteiger partial charge on any atom is 0.409 e. The Morgan fingerprint density at radius 2 is 2.29 bits per heavy atom. The quantitative estimate of drug-likeness (QED) is 0.857. The van der Waals surface area contributed by atoms with Gasteiger partial charge in [-0.3, -0.25) is 4.79 Å². The number of hydrogen-bond acceptors (Lipinski definition) is 6. The van der Waals surface area contributed by atoms with Gasteiger partial charge in [0.2, 0.25) is 5.91 Å². The summed E-state index contributed by atoms with van der Waals surface area (Å²) in [6, 6.07) is 0.181. The van der Waals surface area contributed by atoms with E-state index in [-0.39, 0.29) is 18.0 Å². The van der Waals surface area contributed by atoms with Crippen molar-refractivity contribution < 1.29 is 14.3 Å². The van der Waals surface area contributed by atoms with Crippen LogP contribution in [-0.4, -0.2) is 48.1 Å². The van der Waals surface area contributed by atoms with Crippen LogP contribution in [0.3, 0.4) is 0 Å². The molecule has 1 aromatic rings. The Balaban J connectivity index is 1.40. The van der Waals surface area contributed by atoms with Crippen LogP contribution in [0.1, 0.15) is 36.3 Å². The van der Waals surface area contributed by atoms with Crippen LogP contribution < -0.4 is 11.1 Å².